The van der Waals surface area contributed by atoms with Crippen LogP contribution in [0.25, 0.3) is 0 Å². The predicted octanol–water partition coefficient (Wildman–Crippen LogP) is 6.52. The number of carbonyl (C=O) groups excluding carboxylic acids is 1. The molecule has 0 radical (unpaired) electrons. The maximum absolute atomic E-state index is 14.0. The number of ether oxygens (including phenoxy) is 1. The molecule has 250 valence electrons. The average molecular weight is 651 g/mol. The van der Waals surface area contributed by atoms with E-state index < -0.39 is 29.1 Å². The van der Waals surface area contributed by atoms with Gasteiger partial charge in [0.15, 0.2) is 0 Å². The summed E-state index contributed by atoms with van der Waals surface area (Å²) in [6.45, 7) is 3.72. The predicted molar refractivity (Wildman–Crippen MR) is 172 cm³/mol. The summed E-state index contributed by atoms with van der Waals surface area (Å²) in [6.07, 6.45) is 3.45. The molecular weight excluding hydrogens is 609 g/mol. The first-order chi connectivity index (χ1) is 22.4. The lowest BCUT2D eigenvalue weighted by molar-refractivity contribution is -0.162. The maximum Gasteiger partial charge on any atom is 0.421 e. The number of alkyl halides is 3. The molecule has 1 aliphatic heterocycles. The summed E-state index contributed by atoms with van der Waals surface area (Å²) in [4.78, 5) is 22.8. The van der Waals surface area contributed by atoms with Crippen molar-refractivity contribution in [2.75, 3.05) is 30.8 Å². The number of nitrogens with one attached hydrogen (secondary N) is 2. The molecule has 2 heterocycles. The molecule has 1 saturated heterocycles. The van der Waals surface area contributed by atoms with Crippen molar-refractivity contribution in [1.82, 2.24) is 14.9 Å². The SMILES string of the molecule is COc1cc(C2CCN(C3C4CC5CC3CC(O)(C5)C4)CC2)ccc1Nc1ncc(C(F)(F)F)c(Nc2c(C)cccc2C(N)=O)n1. The Balaban J connectivity index is 1.07. The minimum Gasteiger partial charge on any atom is -0.495 e. The van der Waals surface area contributed by atoms with Gasteiger partial charge in [-0.1, -0.05) is 18.2 Å². The number of piperidine rings is 1. The molecule has 3 aromatic rings. The Kier molecular flexibility index (Phi) is 8.07. The van der Waals surface area contributed by atoms with Gasteiger partial charge in [-0.25, -0.2) is 4.98 Å². The fourth-order valence-electron chi connectivity index (χ4n) is 9.17. The van der Waals surface area contributed by atoms with Gasteiger partial charge in [0.25, 0.3) is 5.91 Å². The van der Waals surface area contributed by atoms with Gasteiger partial charge < -0.3 is 26.2 Å². The molecule has 4 saturated carbocycles. The number of methoxy groups -OCH3 is 1. The van der Waals surface area contributed by atoms with Crippen LogP contribution in [0, 0.1) is 24.7 Å². The topological polar surface area (TPSA) is 126 Å². The Labute approximate surface area is 272 Å². The number of aromatic nitrogens is 2. The van der Waals surface area contributed by atoms with Crippen molar-refractivity contribution in [2.45, 2.75) is 75.6 Å². The Morgan fingerprint density at radius 2 is 1.81 bits per heavy atom. The van der Waals surface area contributed by atoms with Crippen LogP contribution >= 0.6 is 0 Å². The van der Waals surface area contributed by atoms with Gasteiger partial charge in [0, 0.05) is 12.2 Å². The van der Waals surface area contributed by atoms with Crippen LogP contribution in [0.3, 0.4) is 0 Å². The third-order valence-electron chi connectivity index (χ3n) is 11.0. The monoisotopic (exact) mass is 650 g/mol. The number of aryl methyl sites for hydroxylation is 1. The summed E-state index contributed by atoms with van der Waals surface area (Å²) >= 11 is 0. The van der Waals surface area contributed by atoms with Gasteiger partial charge in [-0.15, -0.1) is 0 Å². The van der Waals surface area contributed by atoms with E-state index in [1.165, 1.54) is 18.9 Å². The van der Waals surface area contributed by atoms with Crippen LogP contribution in [0.4, 0.5) is 36.3 Å². The molecule has 2 unspecified atom stereocenters. The highest BCUT2D eigenvalue weighted by molar-refractivity contribution is 6.00. The van der Waals surface area contributed by atoms with E-state index in [9.17, 15) is 23.1 Å². The van der Waals surface area contributed by atoms with Crippen molar-refractivity contribution in [3.63, 3.8) is 0 Å². The number of halogens is 3. The second-order valence-electron chi connectivity index (χ2n) is 14.0. The Hall–Kier alpha value is -3.90. The molecule has 5 N–H and O–H groups in total. The third kappa shape index (κ3) is 6.13. The maximum atomic E-state index is 14.0. The Morgan fingerprint density at radius 3 is 2.45 bits per heavy atom. The summed E-state index contributed by atoms with van der Waals surface area (Å²) in [7, 11) is 1.55. The van der Waals surface area contributed by atoms with E-state index in [0.29, 0.717) is 52.9 Å². The summed E-state index contributed by atoms with van der Waals surface area (Å²) in [5, 5.41) is 16.7. The van der Waals surface area contributed by atoms with Gasteiger partial charge in [-0.2, -0.15) is 18.2 Å². The molecule has 4 bridgehead atoms. The molecule has 1 amide bonds. The van der Waals surface area contributed by atoms with E-state index in [4.69, 9.17) is 10.5 Å². The summed E-state index contributed by atoms with van der Waals surface area (Å²) < 4.78 is 47.6. The highest BCUT2D eigenvalue weighted by atomic mass is 19.4. The molecule has 1 aromatic heterocycles. The zero-order chi connectivity index (χ0) is 33.1. The number of nitrogens with zero attached hydrogens (tertiary/aromatic N) is 3. The molecular formula is C35H41F3N6O3. The number of carbonyl (C=O) groups is 1. The summed E-state index contributed by atoms with van der Waals surface area (Å²) in [5.41, 5.74) is 6.37. The molecule has 5 aliphatic rings. The lowest BCUT2D eigenvalue weighted by Gasteiger charge is -2.61. The van der Waals surface area contributed by atoms with E-state index in [-0.39, 0.29) is 17.2 Å². The standard InChI is InChI=1S/C35H41F3N6O3/c1-19-4-3-5-25(31(39)45)29(19)42-32-26(35(36,37)38)18-40-33(43-32)41-27-7-6-22(14-28(27)47-2)21-8-10-44(11-9-21)30-23-12-20-13-24(30)17-34(46,15-20)16-23/h3-7,14,18,20-21,23-24,30,46H,8-13,15-17H2,1-2H3,(H2,39,45)(H2,40,41,42,43). The molecule has 5 fully saturated rings. The van der Waals surface area contributed by atoms with Gasteiger partial charge in [0.1, 0.15) is 17.1 Å². The molecule has 0 spiro atoms. The molecule has 12 heteroatoms. The van der Waals surface area contributed by atoms with Crippen molar-refractivity contribution in [1.29, 1.82) is 0 Å². The second-order valence-corrected chi connectivity index (χ2v) is 14.0. The van der Waals surface area contributed by atoms with Crippen LogP contribution in [0.2, 0.25) is 0 Å². The van der Waals surface area contributed by atoms with E-state index >= 15 is 0 Å². The largest absolute Gasteiger partial charge is 0.495 e. The Bertz CT molecular complexity index is 1660. The van der Waals surface area contributed by atoms with Crippen molar-refractivity contribution < 1.29 is 27.8 Å². The van der Waals surface area contributed by atoms with E-state index in [1.807, 2.05) is 18.2 Å². The molecule has 9 nitrogen and oxygen atoms in total. The van der Waals surface area contributed by atoms with Crippen LogP contribution in [-0.2, 0) is 6.18 Å². The number of primary amides is 1. The number of rotatable bonds is 8. The highest BCUT2D eigenvalue weighted by Gasteiger charge is 2.56. The van der Waals surface area contributed by atoms with Crippen molar-refractivity contribution in [3.8, 4) is 5.75 Å². The third-order valence-corrected chi connectivity index (χ3v) is 11.0. The smallest absolute Gasteiger partial charge is 0.421 e. The number of nitrogens with two attached hydrogens (primary N) is 1. The first-order valence-electron chi connectivity index (χ1n) is 16.4. The zero-order valence-corrected chi connectivity index (χ0v) is 26.6. The van der Waals surface area contributed by atoms with Gasteiger partial charge >= 0.3 is 6.18 Å². The lowest BCUT2D eigenvalue weighted by Crippen LogP contribution is -2.62. The quantitative estimate of drug-likeness (QED) is 0.217. The number of hydrogen-bond donors (Lipinski definition) is 4. The van der Waals surface area contributed by atoms with Gasteiger partial charge in [-0.3, -0.25) is 9.69 Å². The lowest BCUT2D eigenvalue weighted by atomic mass is 9.52. The number of aliphatic hydroxyl groups is 1. The molecule has 47 heavy (non-hydrogen) atoms. The minimum absolute atomic E-state index is 0.0472. The van der Waals surface area contributed by atoms with Gasteiger partial charge in [0.2, 0.25) is 5.95 Å². The second kappa shape index (κ2) is 12.0. The van der Waals surface area contributed by atoms with E-state index in [0.717, 1.165) is 50.8 Å². The normalized spacial score (nSPS) is 27.5. The number of likely N-dealkylation sites (tertiary alicyclic amines) is 1. The zero-order valence-electron chi connectivity index (χ0n) is 26.6. The molecule has 8 rings (SSSR count). The Morgan fingerprint density at radius 1 is 1.09 bits per heavy atom. The first kappa shape index (κ1) is 31.7. The summed E-state index contributed by atoms with van der Waals surface area (Å²) in [6, 6.07) is 11.1. The van der Waals surface area contributed by atoms with E-state index in [2.05, 4.69) is 25.5 Å². The minimum atomic E-state index is -4.75. The summed E-state index contributed by atoms with van der Waals surface area (Å²) in [5.74, 6) is 1.45. The van der Waals surface area contributed by atoms with Crippen LogP contribution in [-0.4, -0.2) is 57.7 Å². The number of amides is 1. The van der Waals surface area contributed by atoms with Crippen molar-refractivity contribution >= 4 is 29.0 Å². The van der Waals surface area contributed by atoms with Crippen molar-refractivity contribution in [3.05, 3.63) is 64.8 Å². The number of hydrogen-bond acceptors (Lipinski definition) is 8. The fourth-order valence-corrected chi connectivity index (χ4v) is 9.17. The molecule has 4 aliphatic carbocycles. The number of anilines is 4. The highest BCUT2D eigenvalue weighted by Crippen LogP contribution is 2.57. The van der Waals surface area contributed by atoms with Gasteiger partial charge in [0.05, 0.1) is 29.6 Å². The van der Waals surface area contributed by atoms with Crippen LogP contribution in [0.15, 0.2) is 42.6 Å². The van der Waals surface area contributed by atoms with Crippen LogP contribution in [0.5, 0.6) is 5.75 Å². The molecule has 2 atom stereocenters. The van der Waals surface area contributed by atoms with Crippen LogP contribution < -0.4 is 21.1 Å². The fraction of sp³-hybridized carbons (Fsp3) is 0.514. The molecule has 2 aromatic carbocycles. The van der Waals surface area contributed by atoms with E-state index in [1.54, 1.807) is 26.2 Å². The first-order valence-corrected chi connectivity index (χ1v) is 16.4. The average Bonchev–Trinajstić information content (AvgIpc) is 3.01. The number of para-hydroxylation sites is 1. The van der Waals surface area contributed by atoms with Crippen molar-refractivity contribution in [2.24, 2.45) is 23.5 Å². The number of benzene rings is 2. The van der Waals surface area contributed by atoms with Gasteiger partial charge in [-0.05, 0) is 118 Å². The van der Waals surface area contributed by atoms with Crippen LogP contribution in [0.1, 0.15) is 77.9 Å².